The van der Waals surface area contributed by atoms with Gasteiger partial charge in [0.2, 0.25) is 0 Å². The van der Waals surface area contributed by atoms with E-state index in [1.165, 1.54) is 77.2 Å². The molecule has 0 aromatic rings. The average Bonchev–Trinajstić information content (AvgIpc) is 3.16. The lowest BCUT2D eigenvalue weighted by Crippen LogP contribution is -2.36. The first kappa shape index (κ1) is 13.6. The van der Waals surface area contributed by atoms with Crippen LogP contribution in [0.5, 0.6) is 0 Å². The Hall–Kier alpha value is -0.0800. The van der Waals surface area contributed by atoms with Gasteiger partial charge >= 0.3 is 0 Å². The summed E-state index contributed by atoms with van der Waals surface area (Å²) in [6, 6.07) is 0. The van der Waals surface area contributed by atoms with E-state index in [1.807, 2.05) is 0 Å². The van der Waals surface area contributed by atoms with Gasteiger partial charge in [-0.05, 0) is 69.2 Å². The molecule has 3 saturated carbocycles. The molecule has 2 bridgehead atoms. The van der Waals surface area contributed by atoms with Crippen LogP contribution < -0.4 is 5.32 Å². The van der Waals surface area contributed by atoms with Crippen LogP contribution in [0.2, 0.25) is 0 Å². The summed E-state index contributed by atoms with van der Waals surface area (Å²) in [6.45, 7) is 2.36. The first-order chi connectivity index (χ1) is 9.83. The van der Waals surface area contributed by atoms with Gasteiger partial charge in [-0.25, -0.2) is 0 Å². The van der Waals surface area contributed by atoms with E-state index in [2.05, 4.69) is 5.32 Å². The van der Waals surface area contributed by atoms with Crippen molar-refractivity contribution in [3.8, 4) is 0 Å². The lowest BCUT2D eigenvalue weighted by Gasteiger charge is -2.33. The predicted octanol–water partition coefficient (Wildman–Crippen LogP) is 3.89. The van der Waals surface area contributed by atoms with E-state index in [4.69, 9.17) is 4.74 Å². The number of hydrogen-bond donors (Lipinski definition) is 1. The number of fused-ring (bicyclic) bond motifs is 2. The third kappa shape index (κ3) is 2.66. The third-order valence-electron chi connectivity index (χ3n) is 6.77. The van der Waals surface area contributed by atoms with Gasteiger partial charge in [0.15, 0.2) is 0 Å². The van der Waals surface area contributed by atoms with Crippen molar-refractivity contribution in [2.24, 2.45) is 17.8 Å². The molecular formula is C18H31NO. The highest BCUT2D eigenvalue weighted by molar-refractivity contribution is 4.93. The van der Waals surface area contributed by atoms with Crippen LogP contribution in [0.25, 0.3) is 0 Å². The van der Waals surface area contributed by atoms with Crippen LogP contribution in [0.3, 0.4) is 0 Å². The third-order valence-corrected chi connectivity index (χ3v) is 6.77. The zero-order valence-electron chi connectivity index (χ0n) is 12.9. The molecule has 0 aromatic heterocycles. The molecule has 4 rings (SSSR count). The molecule has 114 valence electrons. The van der Waals surface area contributed by atoms with Gasteiger partial charge in [0.05, 0.1) is 11.7 Å². The Morgan fingerprint density at radius 2 is 1.80 bits per heavy atom. The fourth-order valence-corrected chi connectivity index (χ4v) is 5.66. The van der Waals surface area contributed by atoms with Gasteiger partial charge in [-0.1, -0.05) is 25.7 Å². The van der Waals surface area contributed by atoms with Crippen LogP contribution in [-0.2, 0) is 4.74 Å². The van der Waals surface area contributed by atoms with Crippen LogP contribution >= 0.6 is 0 Å². The van der Waals surface area contributed by atoms with Crippen LogP contribution in [0.15, 0.2) is 0 Å². The molecule has 0 amide bonds. The average molecular weight is 277 g/mol. The highest BCUT2D eigenvalue weighted by atomic mass is 16.5. The molecule has 2 heteroatoms. The minimum Gasteiger partial charge on any atom is -0.370 e. The van der Waals surface area contributed by atoms with Crippen LogP contribution in [-0.4, -0.2) is 24.8 Å². The van der Waals surface area contributed by atoms with E-state index in [0.29, 0.717) is 11.7 Å². The van der Waals surface area contributed by atoms with Gasteiger partial charge in [-0.15, -0.1) is 0 Å². The second kappa shape index (κ2) is 5.61. The van der Waals surface area contributed by atoms with Crippen molar-refractivity contribution in [2.75, 3.05) is 13.1 Å². The highest BCUT2D eigenvalue weighted by Gasteiger charge is 2.41. The summed E-state index contributed by atoms with van der Waals surface area (Å²) in [5.41, 5.74) is 0.303. The Morgan fingerprint density at radius 1 is 0.900 bits per heavy atom. The number of nitrogens with one attached hydrogen (secondary N) is 1. The smallest absolute Gasteiger partial charge is 0.0708 e. The summed E-state index contributed by atoms with van der Waals surface area (Å²) >= 11 is 0. The van der Waals surface area contributed by atoms with E-state index >= 15 is 0 Å². The summed E-state index contributed by atoms with van der Waals surface area (Å²) in [6.07, 6.45) is 16.1. The normalized spacial score (nSPS) is 42.6. The molecular weight excluding hydrogens is 246 g/mol. The minimum atomic E-state index is 0.303. The monoisotopic (exact) mass is 277 g/mol. The second-order valence-electron chi connectivity index (χ2n) is 8.12. The molecule has 4 fully saturated rings. The zero-order valence-corrected chi connectivity index (χ0v) is 12.9. The molecule has 1 spiro atoms. The minimum absolute atomic E-state index is 0.303. The van der Waals surface area contributed by atoms with Gasteiger partial charge in [-0.2, -0.15) is 0 Å². The fourth-order valence-electron chi connectivity index (χ4n) is 5.66. The van der Waals surface area contributed by atoms with Gasteiger partial charge in [0.25, 0.3) is 0 Å². The molecule has 20 heavy (non-hydrogen) atoms. The Balaban J connectivity index is 1.19. The molecule has 0 radical (unpaired) electrons. The zero-order chi connectivity index (χ0) is 13.4. The number of rotatable bonds is 4. The maximum absolute atomic E-state index is 6.45. The summed E-state index contributed by atoms with van der Waals surface area (Å²) < 4.78 is 6.45. The summed E-state index contributed by atoms with van der Waals surface area (Å²) in [4.78, 5) is 0. The molecule has 3 aliphatic carbocycles. The maximum Gasteiger partial charge on any atom is 0.0708 e. The van der Waals surface area contributed by atoms with Gasteiger partial charge in [-0.3, -0.25) is 0 Å². The SMILES string of the molecule is C1CCC2(CC1)CCC(CNCC1CC3CCC1C3)O2. The van der Waals surface area contributed by atoms with Crippen molar-refractivity contribution >= 4 is 0 Å². The molecule has 0 aromatic carbocycles. The topological polar surface area (TPSA) is 21.3 Å². The van der Waals surface area contributed by atoms with Gasteiger partial charge in [0, 0.05) is 6.54 Å². The largest absolute Gasteiger partial charge is 0.370 e. The molecule has 1 N–H and O–H groups in total. The van der Waals surface area contributed by atoms with E-state index in [9.17, 15) is 0 Å². The number of ether oxygens (including phenoxy) is 1. The van der Waals surface area contributed by atoms with Crippen molar-refractivity contribution in [1.29, 1.82) is 0 Å². The molecule has 4 atom stereocenters. The fraction of sp³-hybridized carbons (Fsp3) is 1.00. The maximum atomic E-state index is 6.45. The van der Waals surface area contributed by atoms with Crippen molar-refractivity contribution in [3.05, 3.63) is 0 Å². The van der Waals surface area contributed by atoms with Crippen molar-refractivity contribution < 1.29 is 4.74 Å². The van der Waals surface area contributed by atoms with E-state index < -0.39 is 0 Å². The predicted molar refractivity (Wildman–Crippen MR) is 81.7 cm³/mol. The summed E-state index contributed by atoms with van der Waals surface area (Å²) in [5, 5.41) is 3.75. The van der Waals surface area contributed by atoms with E-state index in [1.54, 1.807) is 0 Å². The summed E-state index contributed by atoms with van der Waals surface area (Å²) in [7, 11) is 0. The standard InChI is InChI=1S/C18H31NO/c1-2-7-18(8-3-1)9-6-17(20-18)13-19-12-16-11-14-4-5-15(16)10-14/h14-17,19H,1-13H2. The Bertz CT molecular complexity index is 336. The van der Waals surface area contributed by atoms with Gasteiger partial charge in [0.1, 0.15) is 0 Å². The van der Waals surface area contributed by atoms with Crippen molar-refractivity contribution in [1.82, 2.24) is 5.32 Å². The first-order valence-corrected chi connectivity index (χ1v) is 9.22. The molecule has 1 aliphatic heterocycles. The second-order valence-corrected chi connectivity index (χ2v) is 8.12. The van der Waals surface area contributed by atoms with Crippen molar-refractivity contribution in [2.45, 2.75) is 82.3 Å². The number of hydrogen-bond acceptors (Lipinski definition) is 2. The Morgan fingerprint density at radius 3 is 2.55 bits per heavy atom. The Labute approximate surface area is 124 Å². The highest BCUT2D eigenvalue weighted by Crippen LogP contribution is 2.48. The Kier molecular flexibility index (Phi) is 3.80. The van der Waals surface area contributed by atoms with Crippen molar-refractivity contribution in [3.63, 3.8) is 0 Å². The molecule has 4 unspecified atom stereocenters. The van der Waals surface area contributed by atoms with Gasteiger partial charge < -0.3 is 10.1 Å². The molecule has 2 nitrogen and oxygen atoms in total. The van der Waals surface area contributed by atoms with Crippen LogP contribution in [0.4, 0.5) is 0 Å². The van der Waals surface area contributed by atoms with E-state index in [0.717, 1.165) is 24.3 Å². The molecule has 1 heterocycles. The summed E-state index contributed by atoms with van der Waals surface area (Å²) in [5.74, 6) is 3.13. The first-order valence-electron chi connectivity index (χ1n) is 9.22. The quantitative estimate of drug-likeness (QED) is 0.841. The lowest BCUT2D eigenvalue weighted by molar-refractivity contribution is -0.0625. The molecule has 1 saturated heterocycles. The molecule has 4 aliphatic rings. The lowest BCUT2D eigenvalue weighted by atomic mass is 9.83. The van der Waals surface area contributed by atoms with Crippen LogP contribution in [0, 0.1) is 17.8 Å². The van der Waals surface area contributed by atoms with E-state index in [-0.39, 0.29) is 0 Å². The van der Waals surface area contributed by atoms with Crippen LogP contribution in [0.1, 0.15) is 70.6 Å².